The van der Waals surface area contributed by atoms with Crippen molar-refractivity contribution in [1.82, 2.24) is 24.2 Å². The number of nitriles is 1. The van der Waals surface area contributed by atoms with E-state index in [4.69, 9.17) is 0 Å². The molecule has 0 aliphatic rings. The number of sulfonamides is 1. The van der Waals surface area contributed by atoms with E-state index >= 15 is 0 Å². The van der Waals surface area contributed by atoms with Crippen molar-refractivity contribution >= 4 is 27.1 Å². The molecule has 3 atom stereocenters. The van der Waals surface area contributed by atoms with E-state index in [1.165, 1.54) is 36.8 Å². The molecular weight excluding hydrogens is 561 g/mol. The van der Waals surface area contributed by atoms with Crippen LogP contribution < -0.4 is 10.6 Å². The van der Waals surface area contributed by atoms with Gasteiger partial charge in [0.1, 0.15) is 12.2 Å². The summed E-state index contributed by atoms with van der Waals surface area (Å²) in [5, 5.41) is 29.4. The summed E-state index contributed by atoms with van der Waals surface area (Å²) in [6.07, 6.45) is 3.70. The van der Waals surface area contributed by atoms with Crippen LogP contribution in [0.2, 0.25) is 0 Å². The molecule has 0 fully saturated rings. The maximum Gasteiger partial charge on any atom is 0.255 e. The highest BCUT2D eigenvalue weighted by molar-refractivity contribution is 7.88. The molecule has 13 heteroatoms. The van der Waals surface area contributed by atoms with Crippen LogP contribution in [0.4, 0.5) is 10.1 Å². The van der Waals surface area contributed by atoms with Gasteiger partial charge in [0.05, 0.1) is 58.3 Å². The van der Waals surface area contributed by atoms with Crippen molar-refractivity contribution in [1.29, 1.82) is 5.26 Å². The van der Waals surface area contributed by atoms with Gasteiger partial charge >= 0.3 is 0 Å². The van der Waals surface area contributed by atoms with Gasteiger partial charge in [-0.25, -0.2) is 21.6 Å². The summed E-state index contributed by atoms with van der Waals surface area (Å²) in [5.74, 6) is -0.673. The Morgan fingerprint density at radius 2 is 1.98 bits per heavy atom. The number of anilines is 1. The molecule has 0 aliphatic carbocycles. The zero-order valence-corrected chi connectivity index (χ0v) is 25.7. The zero-order chi connectivity index (χ0) is 31.2. The van der Waals surface area contributed by atoms with Gasteiger partial charge in [-0.15, -0.1) is 0 Å². The van der Waals surface area contributed by atoms with Gasteiger partial charge < -0.3 is 15.7 Å². The van der Waals surface area contributed by atoms with Gasteiger partial charge in [0, 0.05) is 25.3 Å². The number of fused-ring (bicyclic) bond motifs is 1. The molecule has 0 aromatic carbocycles. The minimum absolute atomic E-state index is 0.0931. The number of aliphatic hydroxyl groups is 1. The number of nitrogens with zero attached hydrogens (tertiary/aromatic N) is 5. The van der Waals surface area contributed by atoms with Crippen molar-refractivity contribution in [3.63, 3.8) is 0 Å². The highest BCUT2D eigenvalue weighted by atomic mass is 32.2. The summed E-state index contributed by atoms with van der Waals surface area (Å²) in [7, 11) is -3.40. The quantitative estimate of drug-likeness (QED) is 0.253. The van der Waals surface area contributed by atoms with E-state index in [0.29, 0.717) is 54.1 Å². The summed E-state index contributed by atoms with van der Waals surface area (Å²) < 4.78 is 42.3. The van der Waals surface area contributed by atoms with E-state index in [1.54, 1.807) is 28.8 Å². The molecule has 11 nitrogen and oxygen atoms in total. The molecule has 0 spiro atoms. The Morgan fingerprint density at radius 3 is 2.57 bits per heavy atom. The predicted molar refractivity (Wildman–Crippen MR) is 160 cm³/mol. The van der Waals surface area contributed by atoms with Gasteiger partial charge in [0.25, 0.3) is 5.91 Å². The molecule has 0 radical (unpaired) electrons. The van der Waals surface area contributed by atoms with Gasteiger partial charge in [-0.3, -0.25) is 9.78 Å². The van der Waals surface area contributed by atoms with Crippen molar-refractivity contribution in [2.45, 2.75) is 65.3 Å². The maximum absolute atomic E-state index is 14.4. The molecule has 3 heterocycles. The molecule has 0 bridgehead atoms. The summed E-state index contributed by atoms with van der Waals surface area (Å²) in [6.45, 7) is 8.79. The van der Waals surface area contributed by atoms with E-state index in [1.807, 2.05) is 20.8 Å². The largest absolute Gasteiger partial charge is 0.387 e. The lowest BCUT2D eigenvalue weighted by atomic mass is 9.97. The number of pyridine rings is 1. The average molecular weight is 602 g/mol. The zero-order valence-electron chi connectivity index (χ0n) is 24.9. The van der Waals surface area contributed by atoms with E-state index < -0.39 is 34.2 Å². The second-order valence-corrected chi connectivity index (χ2v) is 13.1. The van der Waals surface area contributed by atoms with E-state index in [-0.39, 0.29) is 17.5 Å². The molecule has 3 aromatic heterocycles. The van der Waals surface area contributed by atoms with Crippen LogP contribution in [-0.4, -0.2) is 82.0 Å². The normalized spacial score (nSPS) is 14.4. The lowest BCUT2D eigenvalue weighted by molar-refractivity contribution is -0.00177. The Morgan fingerprint density at radius 1 is 1.26 bits per heavy atom. The van der Waals surface area contributed by atoms with Crippen molar-refractivity contribution in [2.75, 3.05) is 31.2 Å². The van der Waals surface area contributed by atoms with Crippen molar-refractivity contribution in [3.8, 4) is 17.5 Å². The SMILES string of the molecule is CCCN(CC(CC)C(C)Nc1cc(-c2ccc3cc(C#N)cnn23)ncc1C(=O)NC[C@@H](F)C(C)(C)O)S(C)(=O)=O. The van der Waals surface area contributed by atoms with Gasteiger partial charge in [0.2, 0.25) is 10.0 Å². The number of hydrogen-bond donors (Lipinski definition) is 3. The van der Waals surface area contributed by atoms with Gasteiger partial charge in [-0.05, 0) is 57.4 Å². The second-order valence-electron chi connectivity index (χ2n) is 11.1. The summed E-state index contributed by atoms with van der Waals surface area (Å²) in [5.41, 5.74) is 1.19. The highest BCUT2D eigenvalue weighted by Gasteiger charge is 2.28. The molecule has 1 amide bonds. The Hall–Kier alpha value is -3.60. The maximum atomic E-state index is 14.4. The lowest BCUT2D eigenvalue weighted by Gasteiger charge is -2.30. The van der Waals surface area contributed by atoms with Crippen LogP contribution in [0.5, 0.6) is 0 Å². The minimum atomic E-state index is -3.40. The molecule has 228 valence electrons. The second kappa shape index (κ2) is 13.6. The molecule has 42 heavy (non-hydrogen) atoms. The van der Waals surface area contributed by atoms with E-state index in [9.17, 15) is 28.0 Å². The summed E-state index contributed by atoms with van der Waals surface area (Å²) in [4.78, 5) is 17.7. The number of alkyl halides is 1. The fourth-order valence-electron chi connectivity index (χ4n) is 4.58. The van der Waals surface area contributed by atoms with Crippen LogP contribution in [0.1, 0.15) is 63.4 Å². The lowest BCUT2D eigenvalue weighted by Crippen LogP contribution is -2.42. The minimum Gasteiger partial charge on any atom is -0.387 e. The monoisotopic (exact) mass is 601 g/mol. The Kier molecular flexibility index (Phi) is 10.6. The first-order valence-corrected chi connectivity index (χ1v) is 15.8. The first-order chi connectivity index (χ1) is 19.7. The fraction of sp³-hybridized carbons (Fsp3) is 0.517. The fourth-order valence-corrected chi connectivity index (χ4v) is 5.56. The third kappa shape index (κ3) is 8.02. The van der Waals surface area contributed by atoms with E-state index in [0.717, 1.165) is 0 Å². The Balaban J connectivity index is 1.99. The number of carbonyl (C=O) groups excluding carboxylic acids is 1. The third-order valence-corrected chi connectivity index (χ3v) is 8.51. The van der Waals surface area contributed by atoms with Crippen LogP contribution in [-0.2, 0) is 10.0 Å². The van der Waals surface area contributed by atoms with Crippen LogP contribution in [0.3, 0.4) is 0 Å². The molecule has 2 unspecified atom stereocenters. The van der Waals surface area contributed by atoms with E-state index in [2.05, 4.69) is 26.8 Å². The highest BCUT2D eigenvalue weighted by Crippen LogP contribution is 2.27. The number of aromatic nitrogens is 3. The number of rotatable bonds is 14. The van der Waals surface area contributed by atoms with Crippen LogP contribution in [0.15, 0.2) is 36.7 Å². The topological polar surface area (TPSA) is 153 Å². The average Bonchev–Trinajstić information content (AvgIpc) is 3.35. The number of nitrogens with one attached hydrogen (secondary N) is 2. The van der Waals surface area contributed by atoms with Gasteiger partial charge in [-0.2, -0.15) is 10.4 Å². The van der Waals surface area contributed by atoms with Crippen molar-refractivity contribution in [2.24, 2.45) is 5.92 Å². The van der Waals surface area contributed by atoms with Crippen molar-refractivity contribution < 1.29 is 22.7 Å². The number of hydrogen-bond acceptors (Lipinski definition) is 8. The number of carbonyl (C=O) groups is 1. The number of amides is 1. The van der Waals surface area contributed by atoms with Crippen LogP contribution in [0, 0.1) is 17.2 Å². The Bertz CT molecular complexity index is 1550. The first-order valence-electron chi connectivity index (χ1n) is 13.9. The summed E-state index contributed by atoms with van der Waals surface area (Å²) in [6, 6.07) is 8.81. The summed E-state index contributed by atoms with van der Waals surface area (Å²) >= 11 is 0. The van der Waals surface area contributed by atoms with Gasteiger partial charge in [0.15, 0.2) is 0 Å². The smallest absolute Gasteiger partial charge is 0.255 e. The van der Waals surface area contributed by atoms with Crippen LogP contribution in [0.25, 0.3) is 16.9 Å². The van der Waals surface area contributed by atoms with Crippen molar-refractivity contribution in [3.05, 3.63) is 47.8 Å². The molecule has 3 rings (SSSR count). The first kappa shape index (κ1) is 32.9. The standard InChI is InChI=1S/C29H40FN7O4S/c1-7-11-36(42(6,40)41)18-21(8-2)19(3)35-24-13-25(26-10-9-22-12-20(14-31)15-34-37(22)26)32-16-23(24)28(38)33-17-27(30)29(4,5)39/h9-10,12-13,15-16,19,21,27,39H,7-8,11,17-18H2,1-6H3,(H,32,35)(H,33,38)/t19?,21?,27-/m1/s1. The van der Waals surface area contributed by atoms with Gasteiger partial charge in [-0.1, -0.05) is 20.3 Å². The molecule has 0 aliphatic heterocycles. The molecule has 3 aromatic rings. The van der Waals surface area contributed by atoms with Crippen LogP contribution >= 0.6 is 0 Å². The molecule has 0 saturated carbocycles. The Labute approximate surface area is 246 Å². The third-order valence-electron chi connectivity index (χ3n) is 7.24. The molecule has 3 N–H and O–H groups in total. The number of halogens is 1. The molecule has 0 saturated heterocycles. The molecular formula is C29H40FN7O4S. The predicted octanol–water partition coefficient (Wildman–Crippen LogP) is 3.60.